The van der Waals surface area contributed by atoms with Crippen molar-refractivity contribution in [3.8, 4) is 6.01 Å². The Hall–Kier alpha value is -3.38. The number of carbonyl (C=O) groups is 1. The van der Waals surface area contributed by atoms with Crippen LogP contribution in [0.5, 0.6) is 6.01 Å². The molecule has 1 aliphatic rings. The van der Waals surface area contributed by atoms with E-state index in [0.29, 0.717) is 31.6 Å². The first kappa shape index (κ1) is 22.8. The predicted octanol–water partition coefficient (Wildman–Crippen LogP) is 0.663. The summed E-state index contributed by atoms with van der Waals surface area (Å²) < 4.78 is 10.6. The number of nitrogens with zero attached hydrogens (tertiary/aromatic N) is 6. The first-order chi connectivity index (χ1) is 16.1. The van der Waals surface area contributed by atoms with Crippen molar-refractivity contribution < 1.29 is 19.4 Å². The summed E-state index contributed by atoms with van der Waals surface area (Å²) in [5, 5.41) is 20.4. The van der Waals surface area contributed by atoms with Gasteiger partial charge in [-0.25, -0.2) is 4.98 Å². The summed E-state index contributed by atoms with van der Waals surface area (Å²) >= 11 is 0. The smallest absolute Gasteiger partial charge is 0.322 e. The fourth-order valence-corrected chi connectivity index (χ4v) is 3.75. The van der Waals surface area contributed by atoms with Crippen LogP contribution in [0.3, 0.4) is 0 Å². The van der Waals surface area contributed by atoms with Crippen LogP contribution in [-0.4, -0.2) is 87.2 Å². The van der Waals surface area contributed by atoms with Gasteiger partial charge in [0.25, 0.3) is 5.91 Å². The zero-order valence-electron chi connectivity index (χ0n) is 18.7. The van der Waals surface area contributed by atoms with E-state index >= 15 is 0 Å². The van der Waals surface area contributed by atoms with E-state index in [-0.39, 0.29) is 25.0 Å². The van der Waals surface area contributed by atoms with Crippen molar-refractivity contribution in [2.24, 2.45) is 0 Å². The van der Waals surface area contributed by atoms with Gasteiger partial charge in [0.05, 0.1) is 13.2 Å². The molecule has 4 rings (SSSR count). The van der Waals surface area contributed by atoms with Crippen LogP contribution in [-0.2, 0) is 4.74 Å². The van der Waals surface area contributed by atoms with Crippen molar-refractivity contribution >= 4 is 22.9 Å². The molecule has 0 radical (unpaired) electrons. The summed E-state index contributed by atoms with van der Waals surface area (Å²) in [5.74, 6) is 0.139. The van der Waals surface area contributed by atoms with Crippen molar-refractivity contribution in [2.75, 3.05) is 44.9 Å². The van der Waals surface area contributed by atoms with E-state index in [0.717, 1.165) is 29.6 Å². The second-order valence-corrected chi connectivity index (χ2v) is 7.91. The monoisotopic (exact) mass is 456 g/mol. The Balaban J connectivity index is 1.50. The van der Waals surface area contributed by atoms with Gasteiger partial charge < -0.3 is 24.8 Å². The summed E-state index contributed by atoms with van der Waals surface area (Å²) in [6.45, 7) is 3.50. The van der Waals surface area contributed by atoms with Gasteiger partial charge in [-0.3, -0.25) is 9.89 Å². The van der Waals surface area contributed by atoms with Crippen LogP contribution < -0.4 is 15.0 Å². The largest absolute Gasteiger partial charge is 0.461 e. The topological polar surface area (TPSA) is 151 Å². The van der Waals surface area contributed by atoms with Gasteiger partial charge in [0.15, 0.2) is 5.65 Å². The quantitative estimate of drug-likeness (QED) is 0.392. The molecule has 12 heteroatoms. The van der Waals surface area contributed by atoms with E-state index < -0.39 is 11.9 Å². The second-order valence-electron chi connectivity index (χ2n) is 7.91. The predicted molar refractivity (Wildman–Crippen MR) is 119 cm³/mol. The lowest BCUT2D eigenvalue weighted by Gasteiger charge is -2.31. The van der Waals surface area contributed by atoms with Gasteiger partial charge in [0, 0.05) is 49.4 Å². The third-order valence-electron chi connectivity index (χ3n) is 5.52. The minimum atomic E-state index is -0.497. The van der Waals surface area contributed by atoms with E-state index in [4.69, 9.17) is 9.47 Å². The molecule has 4 heterocycles. The number of hydrogen-bond acceptors (Lipinski definition) is 10. The summed E-state index contributed by atoms with van der Waals surface area (Å²) in [6, 6.07) is 3.58. The summed E-state index contributed by atoms with van der Waals surface area (Å²) in [5.41, 5.74) is 1.81. The lowest BCUT2D eigenvalue weighted by Crippen LogP contribution is -2.38. The van der Waals surface area contributed by atoms with E-state index in [1.54, 1.807) is 20.2 Å². The Morgan fingerprint density at radius 1 is 1.30 bits per heavy atom. The van der Waals surface area contributed by atoms with E-state index in [1.165, 1.54) is 0 Å². The number of carbonyl (C=O) groups excluding carboxylic acids is 1. The van der Waals surface area contributed by atoms with Gasteiger partial charge in [0.1, 0.15) is 6.61 Å². The van der Waals surface area contributed by atoms with E-state index in [9.17, 15) is 9.90 Å². The molecule has 1 fully saturated rings. The Labute approximate surface area is 190 Å². The van der Waals surface area contributed by atoms with Crippen molar-refractivity contribution in [1.29, 1.82) is 0 Å². The molecule has 176 valence electrons. The first-order valence-corrected chi connectivity index (χ1v) is 10.9. The Morgan fingerprint density at radius 2 is 2.12 bits per heavy atom. The number of amides is 1. The highest BCUT2D eigenvalue weighted by Gasteiger charge is 2.27. The number of aliphatic hydroxyl groups is 1. The van der Waals surface area contributed by atoms with Gasteiger partial charge in [-0.2, -0.15) is 20.1 Å². The first-order valence-electron chi connectivity index (χ1n) is 10.9. The maximum atomic E-state index is 12.6. The minimum Gasteiger partial charge on any atom is -0.461 e. The number of fused-ring (bicyclic) bond motifs is 1. The molecule has 33 heavy (non-hydrogen) atoms. The fraction of sp³-hybridized carbons (Fsp3) is 0.524. The molecule has 1 unspecified atom stereocenters. The molecule has 1 saturated heterocycles. The molecule has 0 spiro atoms. The highest BCUT2D eigenvalue weighted by molar-refractivity contribution is 5.91. The number of aliphatic hydroxyl groups excluding tert-OH is 1. The lowest BCUT2D eigenvalue weighted by atomic mass is 9.92. The van der Waals surface area contributed by atoms with Crippen LogP contribution in [0.25, 0.3) is 11.0 Å². The van der Waals surface area contributed by atoms with Gasteiger partial charge >= 0.3 is 6.01 Å². The molecule has 3 aromatic rings. The average molecular weight is 457 g/mol. The number of rotatable bonds is 9. The Morgan fingerprint density at radius 3 is 2.88 bits per heavy atom. The van der Waals surface area contributed by atoms with Crippen molar-refractivity contribution in [1.82, 2.24) is 35.5 Å². The molecule has 1 atom stereocenters. The van der Waals surface area contributed by atoms with Gasteiger partial charge in [0.2, 0.25) is 11.8 Å². The minimum absolute atomic E-state index is 0.0551. The number of H-pyrrole nitrogens is 1. The maximum absolute atomic E-state index is 12.6. The van der Waals surface area contributed by atoms with Crippen LogP contribution in [0, 0.1) is 0 Å². The van der Waals surface area contributed by atoms with Crippen LogP contribution >= 0.6 is 0 Å². The van der Waals surface area contributed by atoms with Gasteiger partial charge in [-0.1, -0.05) is 0 Å². The molecule has 0 bridgehead atoms. The lowest BCUT2D eigenvalue weighted by molar-refractivity contribution is 0.0908. The Bertz CT molecular complexity index is 1080. The molecule has 3 aromatic heterocycles. The molecule has 0 aromatic carbocycles. The Kier molecular flexibility index (Phi) is 7.25. The second kappa shape index (κ2) is 10.5. The number of anilines is 1. The van der Waals surface area contributed by atoms with Crippen molar-refractivity contribution in [2.45, 2.75) is 31.7 Å². The highest BCUT2D eigenvalue weighted by Crippen LogP contribution is 2.32. The van der Waals surface area contributed by atoms with Crippen LogP contribution in [0.15, 0.2) is 18.3 Å². The van der Waals surface area contributed by atoms with E-state index in [2.05, 4.69) is 35.5 Å². The highest BCUT2D eigenvalue weighted by atomic mass is 16.5. The summed E-state index contributed by atoms with van der Waals surface area (Å²) in [4.78, 5) is 31.8. The standard InChI is InChI=1S/C21H28N8O4/c1-13(12-30)23-19(31)18-24-20(26-21(25-18)33-11-10-32-2)29-8-5-14(6-9-29)16-15-4-3-7-22-17(15)28-27-16/h3-4,7,13-14,30H,5-6,8-12H2,1-2H3,(H,23,31)(H,22,27,28). The molecule has 3 N–H and O–H groups in total. The summed E-state index contributed by atoms with van der Waals surface area (Å²) in [6.07, 6.45) is 3.46. The molecule has 1 amide bonds. The zero-order valence-corrected chi connectivity index (χ0v) is 18.7. The summed E-state index contributed by atoms with van der Waals surface area (Å²) in [7, 11) is 1.57. The third-order valence-corrected chi connectivity index (χ3v) is 5.52. The van der Waals surface area contributed by atoms with Crippen molar-refractivity contribution in [3.05, 3.63) is 29.8 Å². The number of methoxy groups -OCH3 is 1. The zero-order chi connectivity index (χ0) is 23.2. The molecule has 12 nitrogen and oxygen atoms in total. The molecule has 0 aliphatic carbocycles. The van der Waals surface area contributed by atoms with Crippen LogP contribution in [0.4, 0.5) is 5.95 Å². The average Bonchev–Trinajstić information content (AvgIpc) is 3.28. The van der Waals surface area contributed by atoms with E-state index in [1.807, 2.05) is 17.0 Å². The molecule has 1 aliphatic heterocycles. The SMILES string of the molecule is COCCOc1nc(C(=O)NC(C)CO)nc(N2CCC(c3[nH]nc4ncccc34)CC2)n1. The number of piperidine rings is 1. The molecular weight excluding hydrogens is 428 g/mol. The normalized spacial score (nSPS) is 15.5. The third kappa shape index (κ3) is 5.34. The number of aromatic nitrogens is 6. The number of hydrogen-bond donors (Lipinski definition) is 3. The molecular formula is C21H28N8O4. The van der Waals surface area contributed by atoms with Gasteiger partial charge in [-0.05, 0) is 31.9 Å². The number of ether oxygens (including phenoxy) is 2. The maximum Gasteiger partial charge on any atom is 0.322 e. The number of nitrogens with one attached hydrogen (secondary N) is 2. The molecule has 0 saturated carbocycles. The fourth-order valence-electron chi connectivity index (χ4n) is 3.75. The van der Waals surface area contributed by atoms with Crippen LogP contribution in [0.2, 0.25) is 0 Å². The van der Waals surface area contributed by atoms with Crippen LogP contribution in [0.1, 0.15) is 42.0 Å². The van der Waals surface area contributed by atoms with Crippen molar-refractivity contribution in [3.63, 3.8) is 0 Å². The number of aromatic amines is 1. The van der Waals surface area contributed by atoms with Gasteiger partial charge in [-0.15, -0.1) is 0 Å². The number of pyridine rings is 1.